The van der Waals surface area contributed by atoms with Crippen molar-refractivity contribution >= 4 is 17.7 Å². The van der Waals surface area contributed by atoms with Gasteiger partial charge in [-0.05, 0) is 26.3 Å². The van der Waals surface area contributed by atoms with Crippen LogP contribution in [0.15, 0.2) is 35.5 Å². The molecule has 0 aliphatic carbocycles. The highest BCUT2D eigenvalue weighted by Crippen LogP contribution is 2.21. The number of hydrogen-bond acceptors (Lipinski definition) is 5. The Morgan fingerprint density at radius 2 is 2.04 bits per heavy atom. The van der Waals surface area contributed by atoms with Gasteiger partial charge in [0.25, 0.3) is 0 Å². The molecule has 1 fully saturated rings. The minimum atomic E-state index is -0.275. The summed E-state index contributed by atoms with van der Waals surface area (Å²) in [7, 11) is 0. The highest BCUT2D eigenvalue weighted by Gasteiger charge is 2.30. The molecule has 3 rings (SSSR count). The van der Waals surface area contributed by atoms with Crippen LogP contribution < -0.4 is 0 Å². The predicted octanol–water partition coefficient (Wildman–Crippen LogP) is 2.36. The van der Waals surface area contributed by atoms with Gasteiger partial charge in [-0.2, -0.15) is 0 Å². The molecule has 1 aromatic heterocycles. The van der Waals surface area contributed by atoms with Gasteiger partial charge < -0.3 is 14.2 Å². The Kier molecular flexibility index (Phi) is 5.44. The molecule has 1 amide bonds. The fraction of sp³-hybridized carbons (Fsp3) is 0.500. The van der Waals surface area contributed by atoms with Gasteiger partial charge in [0.15, 0.2) is 5.16 Å². The number of amides is 1. The molecule has 0 atom stereocenters. The van der Waals surface area contributed by atoms with Crippen LogP contribution >= 0.6 is 11.8 Å². The van der Waals surface area contributed by atoms with Crippen molar-refractivity contribution in [1.29, 1.82) is 0 Å². The molecule has 0 N–H and O–H groups in total. The summed E-state index contributed by atoms with van der Waals surface area (Å²) in [6.07, 6.45) is 0. The Bertz CT molecular complexity index is 730. The van der Waals surface area contributed by atoms with Crippen LogP contribution in [0.2, 0.25) is 0 Å². The van der Waals surface area contributed by atoms with Crippen LogP contribution in [-0.4, -0.2) is 56.6 Å². The standard InChI is InChI=1S/C18H24N4O2S/c1-14-19-20-17(22(14)11-15-7-5-4-6-8-15)25-12-16(23)21-9-10-24-18(2,3)13-21/h4-8H,9-13H2,1-3H3. The molecular weight excluding hydrogens is 336 g/mol. The lowest BCUT2D eigenvalue weighted by atomic mass is 10.1. The Morgan fingerprint density at radius 1 is 1.28 bits per heavy atom. The van der Waals surface area contributed by atoms with E-state index in [1.165, 1.54) is 17.3 Å². The number of aryl methyl sites for hydroxylation is 1. The van der Waals surface area contributed by atoms with E-state index < -0.39 is 0 Å². The van der Waals surface area contributed by atoms with E-state index in [0.717, 1.165) is 11.0 Å². The quantitative estimate of drug-likeness (QED) is 0.766. The van der Waals surface area contributed by atoms with E-state index in [1.54, 1.807) is 0 Å². The summed E-state index contributed by atoms with van der Waals surface area (Å²) < 4.78 is 7.72. The van der Waals surface area contributed by atoms with Crippen molar-refractivity contribution in [2.75, 3.05) is 25.4 Å². The molecule has 1 saturated heterocycles. The van der Waals surface area contributed by atoms with E-state index in [2.05, 4.69) is 26.9 Å². The Balaban J connectivity index is 1.63. The van der Waals surface area contributed by atoms with Crippen LogP contribution in [0.3, 0.4) is 0 Å². The normalized spacial score (nSPS) is 16.8. The van der Waals surface area contributed by atoms with Crippen molar-refractivity contribution in [1.82, 2.24) is 19.7 Å². The molecule has 6 nitrogen and oxygen atoms in total. The maximum atomic E-state index is 12.5. The van der Waals surface area contributed by atoms with Gasteiger partial charge in [-0.15, -0.1) is 10.2 Å². The molecule has 7 heteroatoms. The number of rotatable bonds is 5. The molecule has 0 radical (unpaired) electrons. The minimum Gasteiger partial charge on any atom is -0.372 e. The van der Waals surface area contributed by atoms with Gasteiger partial charge in [-0.1, -0.05) is 42.1 Å². The number of hydrogen-bond donors (Lipinski definition) is 0. The van der Waals surface area contributed by atoms with Crippen LogP contribution in [0, 0.1) is 6.92 Å². The van der Waals surface area contributed by atoms with E-state index >= 15 is 0 Å². The second kappa shape index (κ2) is 7.58. The summed E-state index contributed by atoms with van der Waals surface area (Å²) in [5.74, 6) is 1.34. The van der Waals surface area contributed by atoms with Gasteiger partial charge in [-0.3, -0.25) is 4.79 Å². The zero-order valence-electron chi connectivity index (χ0n) is 14.9. The monoisotopic (exact) mass is 360 g/mol. The summed E-state index contributed by atoms with van der Waals surface area (Å²) in [6, 6.07) is 10.2. The molecule has 25 heavy (non-hydrogen) atoms. The molecule has 1 aliphatic heterocycles. The zero-order valence-corrected chi connectivity index (χ0v) is 15.8. The van der Waals surface area contributed by atoms with Crippen LogP contribution in [0.25, 0.3) is 0 Å². The van der Waals surface area contributed by atoms with Gasteiger partial charge >= 0.3 is 0 Å². The summed E-state index contributed by atoms with van der Waals surface area (Å²) in [6.45, 7) is 8.54. The topological polar surface area (TPSA) is 60.3 Å². The molecule has 0 saturated carbocycles. The largest absolute Gasteiger partial charge is 0.372 e. The van der Waals surface area contributed by atoms with Gasteiger partial charge in [0.2, 0.25) is 5.91 Å². The molecule has 1 aromatic carbocycles. The summed E-state index contributed by atoms with van der Waals surface area (Å²) in [4.78, 5) is 14.4. The Morgan fingerprint density at radius 3 is 2.76 bits per heavy atom. The number of benzene rings is 1. The van der Waals surface area contributed by atoms with E-state index in [1.807, 2.05) is 43.9 Å². The Hall–Kier alpha value is -1.86. The molecule has 0 unspecified atom stereocenters. The smallest absolute Gasteiger partial charge is 0.233 e. The predicted molar refractivity (Wildman–Crippen MR) is 97.6 cm³/mol. The van der Waals surface area contributed by atoms with E-state index in [4.69, 9.17) is 4.74 Å². The maximum absolute atomic E-state index is 12.5. The second-order valence-corrected chi connectivity index (χ2v) is 7.76. The SMILES string of the molecule is Cc1nnc(SCC(=O)N2CCOC(C)(C)C2)n1Cc1ccccc1. The van der Waals surface area contributed by atoms with Crippen molar-refractivity contribution in [3.8, 4) is 0 Å². The highest BCUT2D eigenvalue weighted by atomic mass is 32.2. The number of aromatic nitrogens is 3. The van der Waals surface area contributed by atoms with Gasteiger partial charge in [0.1, 0.15) is 5.82 Å². The fourth-order valence-electron chi connectivity index (χ4n) is 2.86. The first kappa shape index (κ1) is 17.9. The van der Waals surface area contributed by atoms with Crippen molar-refractivity contribution in [2.24, 2.45) is 0 Å². The second-order valence-electron chi connectivity index (χ2n) is 6.81. The van der Waals surface area contributed by atoms with Crippen LogP contribution in [0.5, 0.6) is 0 Å². The number of ether oxygens (including phenoxy) is 1. The third-order valence-electron chi connectivity index (χ3n) is 4.19. The number of morpholine rings is 1. The average Bonchev–Trinajstić information content (AvgIpc) is 2.93. The van der Waals surface area contributed by atoms with Crippen molar-refractivity contribution in [2.45, 2.75) is 38.1 Å². The van der Waals surface area contributed by atoms with Gasteiger partial charge in [0.05, 0.1) is 24.5 Å². The minimum absolute atomic E-state index is 0.119. The molecule has 0 spiro atoms. The Labute approximate surface area is 152 Å². The van der Waals surface area contributed by atoms with Crippen LogP contribution in [0.4, 0.5) is 0 Å². The maximum Gasteiger partial charge on any atom is 0.233 e. The van der Waals surface area contributed by atoms with Crippen molar-refractivity contribution in [3.63, 3.8) is 0 Å². The van der Waals surface area contributed by atoms with E-state index in [-0.39, 0.29) is 11.5 Å². The molecule has 1 aliphatic rings. The first-order valence-electron chi connectivity index (χ1n) is 8.43. The van der Waals surface area contributed by atoms with Crippen LogP contribution in [-0.2, 0) is 16.1 Å². The van der Waals surface area contributed by atoms with Crippen molar-refractivity contribution < 1.29 is 9.53 Å². The lowest BCUT2D eigenvalue weighted by molar-refractivity contribution is -0.143. The number of carbonyl (C=O) groups is 1. The van der Waals surface area contributed by atoms with Crippen LogP contribution in [0.1, 0.15) is 25.2 Å². The van der Waals surface area contributed by atoms with Crippen molar-refractivity contribution in [3.05, 3.63) is 41.7 Å². The van der Waals surface area contributed by atoms with E-state index in [0.29, 0.717) is 32.0 Å². The first-order chi connectivity index (χ1) is 11.9. The van der Waals surface area contributed by atoms with E-state index in [9.17, 15) is 4.79 Å². The fourth-order valence-corrected chi connectivity index (χ4v) is 3.75. The lowest BCUT2D eigenvalue weighted by Gasteiger charge is -2.38. The molecule has 134 valence electrons. The third kappa shape index (κ3) is 4.61. The number of carbonyl (C=O) groups excluding carboxylic acids is 1. The average molecular weight is 360 g/mol. The summed E-state index contributed by atoms with van der Waals surface area (Å²) in [5.41, 5.74) is 0.913. The van der Waals surface area contributed by atoms with Gasteiger partial charge in [-0.25, -0.2) is 0 Å². The first-order valence-corrected chi connectivity index (χ1v) is 9.41. The highest BCUT2D eigenvalue weighted by molar-refractivity contribution is 7.99. The summed E-state index contributed by atoms with van der Waals surface area (Å²) in [5, 5.41) is 9.19. The molecule has 2 heterocycles. The molecule has 0 bridgehead atoms. The number of nitrogens with zero attached hydrogens (tertiary/aromatic N) is 4. The molecule has 2 aromatic rings. The molecular formula is C18H24N4O2S. The lowest BCUT2D eigenvalue weighted by Crippen LogP contribution is -2.51. The third-order valence-corrected chi connectivity index (χ3v) is 5.14. The zero-order chi connectivity index (χ0) is 17.9. The number of thioether (sulfide) groups is 1. The summed E-state index contributed by atoms with van der Waals surface area (Å²) >= 11 is 1.45. The van der Waals surface area contributed by atoms with Gasteiger partial charge in [0, 0.05) is 13.1 Å².